The SMILES string of the molecule is CC(=O)N[C@H](Cc1ccccc1F)C(=O)N[C@H](Cc1cccc(Br)c1)C(N)=O. The van der Waals surface area contributed by atoms with Crippen LogP contribution in [0.4, 0.5) is 4.39 Å². The largest absolute Gasteiger partial charge is 0.368 e. The number of halogens is 2. The Kier molecular flexibility index (Phi) is 7.69. The van der Waals surface area contributed by atoms with Crippen LogP contribution in [-0.4, -0.2) is 29.8 Å². The van der Waals surface area contributed by atoms with E-state index in [1.165, 1.54) is 25.1 Å². The molecule has 0 saturated heterocycles. The van der Waals surface area contributed by atoms with E-state index < -0.39 is 35.6 Å². The van der Waals surface area contributed by atoms with Gasteiger partial charge in [0.1, 0.15) is 17.9 Å². The van der Waals surface area contributed by atoms with Crippen molar-refractivity contribution < 1.29 is 18.8 Å². The summed E-state index contributed by atoms with van der Waals surface area (Å²) in [4.78, 5) is 36.0. The normalized spacial score (nSPS) is 12.7. The van der Waals surface area contributed by atoms with Gasteiger partial charge in [0.25, 0.3) is 0 Å². The van der Waals surface area contributed by atoms with Gasteiger partial charge in [-0.1, -0.05) is 46.3 Å². The van der Waals surface area contributed by atoms with Gasteiger partial charge in [-0.25, -0.2) is 4.39 Å². The molecule has 2 aromatic carbocycles. The molecule has 0 fully saturated rings. The van der Waals surface area contributed by atoms with Crippen LogP contribution in [0.15, 0.2) is 53.0 Å². The Bertz CT molecular complexity index is 875. The predicted octanol–water partition coefficient (Wildman–Crippen LogP) is 1.85. The molecule has 0 spiro atoms. The zero-order valence-electron chi connectivity index (χ0n) is 15.2. The highest BCUT2D eigenvalue weighted by Gasteiger charge is 2.26. The molecule has 4 N–H and O–H groups in total. The number of benzene rings is 2. The quantitative estimate of drug-likeness (QED) is 0.572. The molecule has 0 heterocycles. The van der Waals surface area contributed by atoms with Crippen molar-refractivity contribution in [2.45, 2.75) is 31.8 Å². The smallest absolute Gasteiger partial charge is 0.243 e. The van der Waals surface area contributed by atoms with Gasteiger partial charge in [0.2, 0.25) is 17.7 Å². The van der Waals surface area contributed by atoms with Gasteiger partial charge in [-0.3, -0.25) is 14.4 Å². The third-order valence-corrected chi connectivity index (χ3v) is 4.56. The molecule has 0 aliphatic heterocycles. The van der Waals surface area contributed by atoms with Gasteiger partial charge >= 0.3 is 0 Å². The molecule has 0 aromatic heterocycles. The van der Waals surface area contributed by atoms with E-state index in [0.717, 1.165) is 10.0 Å². The van der Waals surface area contributed by atoms with Crippen LogP contribution in [0.5, 0.6) is 0 Å². The molecule has 2 aromatic rings. The summed E-state index contributed by atoms with van der Waals surface area (Å²) in [6.45, 7) is 1.26. The molecule has 0 aliphatic rings. The molecule has 0 saturated carbocycles. The van der Waals surface area contributed by atoms with Crippen molar-refractivity contribution in [3.63, 3.8) is 0 Å². The molecule has 8 heteroatoms. The molecule has 0 bridgehead atoms. The van der Waals surface area contributed by atoms with E-state index in [-0.39, 0.29) is 18.4 Å². The molecular weight excluding hydrogens is 429 g/mol. The van der Waals surface area contributed by atoms with Crippen LogP contribution in [0.2, 0.25) is 0 Å². The van der Waals surface area contributed by atoms with E-state index in [0.29, 0.717) is 0 Å². The molecule has 6 nitrogen and oxygen atoms in total. The Morgan fingerprint density at radius 3 is 2.36 bits per heavy atom. The Morgan fingerprint density at radius 2 is 1.75 bits per heavy atom. The van der Waals surface area contributed by atoms with Gasteiger partial charge in [0, 0.05) is 24.2 Å². The van der Waals surface area contributed by atoms with E-state index in [1.54, 1.807) is 18.2 Å². The van der Waals surface area contributed by atoms with Crippen LogP contribution in [0.3, 0.4) is 0 Å². The number of hydrogen-bond donors (Lipinski definition) is 3. The molecule has 2 atom stereocenters. The van der Waals surface area contributed by atoms with Gasteiger partial charge in [-0.2, -0.15) is 0 Å². The van der Waals surface area contributed by atoms with Crippen molar-refractivity contribution in [3.8, 4) is 0 Å². The first kappa shape index (κ1) is 21.6. The van der Waals surface area contributed by atoms with Crippen LogP contribution in [0.1, 0.15) is 18.1 Å². The van der Waals surface area contributed by atoms with Crippen LogP contribution in [0.25, 0.3) is 0 Å². The van der Waals surface area contributed by atoms with Gasteiger partial charge in [0.05, 0.1) is 0 Å². The zero-order chi connectivity index (χ0) is 20.7. The molecular formula is C20H21BrFN3O3. The zero-order valence-corrected chi connectivity index (χ0v) is 16.8. The van der Waals surface area contributed by atoms with Gasteiger partial charge in [-0.15, -0.1) is 0 Å². The molecule has 148 valence electrons. The minimum absolute atomic E-state index is 0.0551. The second kappa shape index (κ2) is 9.98. The second-order valence-corrected chi connectivity index (χ2v) is 7.26. The summed E-state index contributed by atoms with van der Waals surface area (Å²) in [6, 6.07) is 11.2. The van der Waals surface area contributed by atoms with E-state index in [9.17, 15) is 18.8 Å². The molecule has 28 heavy (non-hydrogen) atoms. The first-order valence-electron chi connectivity index (χ1n) is 8.61. The highest BCUT2D eigenvalue weighted by atomic mass is 79.9. The van der Waals surface area contributed by atoms with Crippen molar-refractivity contribution in [1.82, 2.24) is 10.6 Å². The molecule has 3 amide bonds. The average Bonchev–Trinajstić information content (AvgIpc) is 2.62. The maximum Gasteiger partial charge on any atom is 0.243 e. The summed E-state index contributed by atoms with van der Waals surface area (Å²) in [7, 11) is 0. The number of nitrogens with one attached hydrogen (secondary N) is 2. The maximum atomic E-state index is 13.9. The fourth-order valence-electron chi connectivity index (χ4n) is 2.73. The van der Waals surface area contributed by atoms with Gasteiger partial charge < -0.3 is 16.4 Å². The molecule has 0 unspecified atom stereocenters. The minimum Gasteiger partial charge on any atom is -0.368 e. The lowest BCUT2D eigenvalue weighted by Crippen LogP contribution is -2.54. The highest BCUT2D eigenvalue weighted by molar-refractivity contribution is 9.10. The first-order chi connectivity index (χ1) is 13.3. The number of rotatable bonds is 8. The van der Waals surface area contributed by atoms with Crippen molar-refractivity contribution in [1.29, 1.82) is 0 Å². The summed E-state index contributed by atoms with van der Waals surface area (Å²) in [6.07, 6.45) is 0.132. The number of carbonyl (C=O) groups is 3. The van der Waals surface area contributed by atoms with Crippen LogP contribution < -0.4 is 16.4 Å². The van der Waals surface area contributed by atoms with E-state index in [2.05, 4.69) is 26.6 Å². The van der Waals surface area contributed by atoms with Crippen molar-refractivity contribution in [2.24, 2.45) is 5.73 Å². The number of carbonyl (C=O) groups excluding carboxylic acids is 3. The predicted molar refractivity (Wildman–Crippen MR) is 107 cm³/mol. The minimum atomic E-state index is -1.04. The average molecular weight is 450 g/mol. The van der Waals surface area contributed by atoms with Crippen LogP contribution in [-0.2, 0) is 27.2 Å². The summed E-state index contributed by atoms with van der Waals surface area (Å²) in [5, 5.41) is 5.06. The lowest BCUT2D eigenvalue weighted by atomic mass is 10.0. The fraction of sp³-hybridized carbons (Fsp3) is 0.250. The first-order valence-corrected chi connectivity index (χ1v) is 9.40. The topological polar surface area (TPSA) is 101 Å². The number of nitrogens with two attached hydrogens (primary N) is 1. The van der Waals surface area contributed by atoms with Gasteiger partial charge in [0.15, 0.2) is 0 Å². The van der Waals surface area contributed by atoms with Crippen molar-refractivity contribution in [2.75, 3.05) is 0 Å². The summed E-state index contributed by atoms with van der Waals surface area (Å²) < 4.78 is 14.8. The third-order valence-electron chi connectivity index (χ3n) is 4.06. The lowest BCUT2D eigenvalue weighted by Gasteiger charge is -2.22. The lowest BCUT2D eigenvalue weighted by molar-refractivity contribution is -0.130. The van der Waals surface area contributed by atoms with E-state index in [1.807, 2.05) is 12.1 Å². The maximum absolute atomic E-state index is 13.9. The van der Waals surface area contributed by atoms with E-state index in [4.69, 9.17) is 5.73 Å². The van der Waals surface area contributed by atoms with Crippen molar-refractivity contribution in [3.05, 3.63) is 69.9 Å². The standard InChI is InChI=1S/C20H21BrFN3O3/c1-12(26)24-18(11-14-6-2-3-8-16(14)22)20(28)25-17(19(23)27)10-13-5-4-7-15(21)9-13/h2-9,17-18H,10-11H2,1H3,(H2,23,27)(H,24,26)(H,25,28)/t17-,18-/m1/s1. The number of hydrogen-bond acceptors (Lipinski definition) is 3. The Hall–Kier alpha value is -2.74. The fourth-order valence-corrected chi connectivity index (χ4v) is 3.18. The Balaban J connectivity index is 2.15. The second-order valence-electron chi connectivity index (χ2n) is 6.35. The summed E-state index contributed by atoms with van der Waals surface area (Å²) in [5.74, 6) is -2.25. The highest BCUT2D eigenvalue weighted by Crippen LogP contribution is 2.14. The molecule has 0 radical (unpaired) electrons. The Morgan fingerprint density at radius 1 is 1.04 bits per heavy atom. The monoisotopic (exact) mass is 449 g/mol. The van der Waals surface area contributed by atoms with Crippen molar-refractivity contribution >= 4 is 33.7 Å². The molecule has 0 aliphatic carbocycles. The number of primary amides is 1. The molecule has 2 rings (SSSR count). The third kappa shape index (κ3) is 6.45. The van der Waals surface area contributed by atoms with Crippen LogP contribution in [0, 0.1) is 5.82 Å². The van der Waals surface area contributed by atoms with Crippen LogP contribution >= 0.6 is 15.9 Å². The summed E-state index contributed by atoms with van der Waals surface area (Å²) >= 11 is 3.35. The Labute approximate surface area is 170 Å². The summed E-state index contributed by atoms with van der Waals surface area (Å²) in [5.41, 5.74) is 6.51. The van der Waals surface area contributed by atoms with E-state index >= 15 is 0 Å². The number of amides is 3. The van der Waals surface area contributed by atoms with Gasteiger partial charge in [-0.05, 0) is 29.3 Å².